The topological polar surface area (TPSA) is 20.3 Å². The Hall–Kier alpha value is -1.87. The highest BCUT2D eigenvalue weighted by atomic mass is 35.5. The SMILES string of the molecule is CN(CCC(=O)c1ccccc1Cl)c1ccccc1F. The molecule has 0 unspecified atom stereocenters. The predicted octanol–water partition coefficient (Wildman–Crippen LogP) is 4.19. The molecule has 0 saturated heterocycles. The Morgan fingerprint density at radius 1 is 1.15 bits per heavy atom. The molecule has 2 nitrogen and oxygen atoms in total. The van der Waals surface area contributed by atoms with Crippen LogP contribution in [0.2, 0.25) is 5.02 Å². The number of nitrogens with zero attached hydrogens (tertiary/aromatic N) is 1. The second-order valence-electron chi connectivity index (χ2n) is 4.53. The molecule has 0 aliphatic carbocycles. The van der Waals surface area contributed by atoms with Crippen molar-refractivity contribution in [2.24, 2.45) is 0 Å². The maximum absolute atomic E-state index is 13.6. The van der Waals surface area contributed by atoms with Crippen LogP contribution in [0.1, 0.15) is 16.8 Å². The van der Waals surface area contributed by atoms with Gasteiger partial charge in [-0.05, 0) is 24.3 Å². The Bertz CT molecular complexity index is 615. The number of carbonyl (C=O) groups excluding carboxylic acids is 1. The van der Waals surface area contributed by atoms with Crippen LogP contribution in [0.3, 0.4) is 0 Å². The molecular weight excluding hydrogens is 277 g/mol. The van der Waals surface area contributed by atoms with Crippen LogP contribution in [0.4, 0.5) is 10.1 Å². The number of Topliss-reactive ketones (excluding diaryl/α,β-unsaturated/α-hetero) is 1. The molecule has 2 aromatic rings. The summed E-state index contributed by atoms with van der Waals surface area (Å²) < 4.78 is 13.6. The van der Waals surface area contributed by atoms with Crippen molar-refractivity contribution in [1.82, 2.24) is 0 Å². The first-order chi connectivity index (χ1) is 9.59. The normalized spacial score (nSPS) is 10.3. The Kier molecular flexibility index (Phi) is 4.74. The van der Waals surface area contributed by atoms with Gasteiger partial charge in [0.15, 0.2) is 5.78 Å². The van der Waals surface area contributed by atoms with Gasteiger partial charge < -0.3 is 4.90 Å². The predicted molar refractivity (Wildman–Crippen MR) is 80.1 cm³/mol. The van der Waals surface area contributed by atoms with E-state index in [-0.39, 0.29) is 18.0 Å². The van der Waals surface area contributed by atoms with Gasteiger partial charge in [-0.25, -0.2) is 4.39 Å². The van der Waals surface area contributed by atoms with Crippen molar-refractivity contribution in [1.29, 1.82) is 0 Å². The zero-order valence-electron chi connectivity index (χ0n) is 11.1. The van der Waals surface area contributed by atoms with Crippen LogP contribution in [0.5, 0.6) is 0 Å². The van der Waals surface area contributed by atoms with Gasteiger partial charge in [0, 0.05) is 25.6 Å². The maximum Gasteiger partial charge on any atom is 0.166 e. The van der Waals surface area contributed by atoms with E-state index in [1.54, 1.807) is 54.4 Å². The van der Waals surface area contributed by atoms with Crippen molar-refractivity contribution in [2.45, 2.75) is 6.42 Å². The summed E-state index contributed by atoms with van der Waals surface area (Å²) in [5.41, 5.74) is 0.996. The van der Waals surface area contributed by atoms with Gasteiger partial charge in [0.2, 0.25) is 0 Å². The van der Waals surface area contributed by atoms with Crippen molar-refractivity contribution in [2.75, 3.05) is 18.5 Å². The molecule has 0 aliphatic rings. The zero-order valence-corrected chi connectivity index (χ0v) is 11.9. The van der Waals surface area contributed by atoms with E-state index in [0.29, 0.717) is 22.8 Å². The van der Waals surface area contributed by atoms with Crippen LogP contribution in [-0.2, 0) is 0 Å². The molecule has 0 saturated carbocycles. The number of carbonyl (C=O) groups is 1. The number of rotatable bonds is 5. The van der Waals surface area contributed by atoms with Crippen LogP contribution in [0.15, 0.2) is 48.5 Å². The van der Waals surface area contributed by atoms with Crippen LogP contribution < -0.4 is 4.90 Å². The lowest BCUT2D eigenvalue weighted by molar-refractivity contribution is 0.0985. The van der Waals surface area contributed by atoms with Gasteiger partial charge in [0.1, 0.15) is 5.82 Å². The third-order valence-electron chi connectivity index (χ3n) is 3.11. The van der Waals surface area contributed by atoms with E-state index in [1.807, 2.05) is 0 Å². The van der Waals surface area contributed by atoms with E-state index in [2.05, 4.69) is 0 Å². The number of ketones is 1. The molecule has 0 heterocycles. The summed E-state index contributed by atoms with van der Waals surface area (Å²) in [6, 6.07) is 13.5. The molecule has 0 aliphatic heterocycles. The molecule has 0 amide bonds. The van der Waals surface area contributed by atoms with Crippen molar-refractivity contribution >= 4 is 23.1 Å². The number of hydrogen-bond donors (Lipinski definition) is 0. The van der Waals surface area contributed by atoms with E-state index in [4.69, 9.17) is 11.6 Å². The van der Waals surface area contributed by atoms with Crippen molar-refractivity contribution in [3.63, 3.8) is 0 Å². The fourth-order valence-electron chi connectivity index (χ4n) is 1.97. The molecule has 0 bridgehead atoms. The summed E-state index contributed by atoms with van der Waals surface area (Å²) in [4.78, 5) is 13.8. The third kappa shape index (κ3) is 3.36. The number of halogens is 2. The van der Waals surface area contributed by atoms with Gasteiger partial charge >= 0.3 is 0 Å². The second kappa shape index (κ2) is 6.53. The van der Waals surface area contributed by atoms with Gasteiger partial charge in [-0.15, -0.1) is 0 Å². The lowest BCUT2D eigenvalue weighted by Gasteiger charge is -2.19. The minimum Gasteiger partial charge on any atom is -0.372 e. The average Bonchev–Trinajstić information content (AvgIpc) is 2.45. The summed E-state index contributed by atoms with van der Waals surface area (Å²) in [6.07, 6.45) is 0.286. The highest BCUT2D eigenvalue weighted by Gasteiger charge is 2.12. The minimum absolute atomic E-state index is 0.0428. The molecule has 2 aromatic carbocycles. The monoisotopic (exact) mass is 291 g/mol. The Labute approximate surface area is 122 Å². The molecule has 4 heteroatoms. The highest BCUT2D eigenvalue weighted by Crippen LogP contribution is 2.19. The lowest BCUT2D eigenvalue weighted by Crippen LogP contribution is -2.22. The summed E-state index contributed by atoms with van der Waals surface area (Å²) in [5, 5.41) is 0.450. The Morgan fingerprint density at radius 2 is 1.80 bits per heavy atom. The van der Waals surface area contributed by atoms with Crippen LogP contribution in [-0.4, -0.2) is 19.4 Å². The van der Waals surface area contributed by atoms with Gasteiger partial charge in [-0.2, -0.15) is 0 Å². The third-order valence-corrected chi connectivity index (χ3v) is 3.44. The van der Waals surface area contributed by atoms with E-state index in [1.165, 1.54) is 6.07 Å². The second-order valence-corrected chi connectivity index (χ2v) is 4.93. The molecular formula is C16H15ClFNO. The quantitative estimate of drug-likeness (QED) is 0.770. The zero-order chi connectivity index (χ0) is 14.5. The van der Waals surface area contributed by atoms with Crippen LogP contribution >= 0.6 is 11.6 Å². The standard InChI is InChI=1S/C16H15ClFNO/c1-19(15-9-5-4-8-14(15)18)11-10-16(20)12-6-2-3-7-13(12)17/h2-9H,10-11H2,1H3. The number of anilines is 1. The van der Waals surface area contributed by atoms with E-state index >= 15 is 0 Å². The fourth-order valence-corrected chi connectivity index (χ4v) is 2.21. The van der Waals surface area contributed by atoms with E-state index in [0.717, 1.165) is 0 Å². The molecule has 0 fully saturated rings. The molecule has 0 N–H and O–H groups in total. The number of benzene rings is 2. The smallest absolute Gasteiger partial charge is 0.166 e. The molecule has 0 aromatic heterocycles. The maximum atomic E-state index is 13.6. The molecule has 2 rings (SSSR count). The van der Waals surface area contributed by atoms with Gasteiger partial charge in [-0.1, -0.05) is 35.9 Å². The summed E-state index contributed by atoms with van der Waals surface area (Å²) in [7, 11) is 1.76. The first-order valence-corrected chi connectivity index (χ1v) is 6.71. The number of para-hydroxylation sites is 1. The van der Waals surface area contributed by atoms with Crippen molar-refractivity contribution in [3.8, 4) is 0 Å². The molecule has 104 valence electrons. The Morgan fingerprint density at radius 3 is 2.50 bits per heavy atom. The van der Waals surface area contributed by atoms with E-state index < -0.39 is 0 Å². The van der Waals surface area contributed by atoms with Gasteiger partial charge in [-0.3, -0.25) is 4.79 Å². The fraction of sp³-hybridized carbons (Fsp3) is 0.188. The lowest BCUT2D eigenvalue weighted by atomic mass is 10.1. The van der Waals surface area contributed by atoms with Crippen LogP contribution in [0.25, 0.3) is 0 Å². The van der Waals surface area contributed by atoms with E-state index in [9.17, 15) is 9.18 Å². The molecule has 0 atom stereocenters. The number of hydrogen-bond acceptors (Lipinski definition) is 2. The van der Waals surface area contributed by atoms with Crippen molar-refractivity contribution in [3.05, 3.63) is 64.9 Å². The highest BCUT2D eigenvalue weighted by molar-refractivity contribution is 6.33. The summed E-state index contributed by atoms with van der Waals surface area (Å²) in [6.45, 7) is 0.436. The first-order valence-electron chi connectivity index (χ1n) is 6.33. The van der Waals surface area contributed by atoms with Gasteiger partial charge in [0.25, 0.3) is 0 Å². The molecule has 0 radical (unpaired) electrons. The summed E-state index contributed by atoms with van der Waals surface area (Å²) in [5.74, 6) is -0.334. The first kappa shape index (κ1) is 14.5. The molecule has 0 spiro atoms. The Balaban J connectivity index is 2.01. The average molecular weight is 292 g/mol. The van der Waals surface area contributed by atoms with Gasteiger partial charge in [0.05, 0.1) is 10.7 Å². The summed E-state index contributed by atoms with van der Waals surface area (Å²) >= 11 is 5.98. The van der Waals surface area contributed by atoms with Crippen molar-refractivity contribution < 1.29 is 9.18 Å². The molecule has 20 heavy (non-hydrogen) atoms. The van der Waals surface area contributed by atoms with Crippen LogP contribution in [0, 0.1) is 5.82 Å². The largest absolute Gasteiger partial charge is 0.372 e. The minimum atomic E-state index is -0.291.